The van der Waals surface area contributed by atoms with Crippen LogP contribution in [0.1, 0.15) is 11.7 Å². The number of hydrogen-bond acceptors (Lipinski definition) is 2. The molecule has 1 aromatic rings. The fourth-order valence-corrected chi connectivity index (χ4v) is 1.26. The van der Waals surface area contributed by atoms with E-state index < -0.39 is 6.10 Å². The summed E-state index contributed by atoms with van der Waals surface area (Å²) in [7, 11) is 1.82. The predicted octanol–water partition coefficient (Wildman–Crippen LogP) is 1.70. The minimum absolute atomic E-state index is 0.414. The van der Waals surface area contributed by atoms with Crippen LogP contribution in [0.2, 0.25) is 0 Å². The molecule has 1 aromatic carbocycles. The van der Waals surface area contributed by atoms with Gasteiger partial charge in [-0.15, -0.1) is 0 Å². The summed E-state index contributed by atoms with van der Waals surface area (Å²) in [6.45, 7) is 0.585. The van der Waals surface area contributed by atoms with Crippen LogP contribution in [0.5, 0.6) is 0 Å². The maximum atomic E-state index is 9.53. The van der Waals surface area contributed by atoms with Crippen LogP contribution in [-0.4, -0.2) is 18.7 Å². The van der Waals surface area contributed by atoms with Crippen molar-refractivity contribution in [3.63, 3.8) is 0 Å². The van der Waals surface area contributed by atoms with Crippen molar-refractivity contribution in [3.8, 4) is 0 Å². The van der Waals surface area contributed by atoms with Gasteiger partial charge in [-0.05, 0) is 24.7 Å². The summed E-state index contributed by atoms with van der Waals surface area (Å²) in [5, 5.41) is 12.5. The Morgan fingerprint density at radius 2 is 2.00 bits per heavy atom. The maximum absolute atomic E-state index is 9.53. The highest BCUT2D eigenvalue weighted by Gasteiger charge is 2.04. The first-order valence-corrected chi connectivity index (χ1v) is 4.61. The van der Waals surface area contributed by atoms with Crippen molar-refractivity contribution in [2.24, 2.45) is 0 Å². The molecule has 0 bridgehead atoms. The number of nitrogens with one attached hydrogen (secondary N) is 1. The number of benzene rings is 1. The molecule has 0 heterocycles. The molecule has 0 saturated heterocycles. The van der Waals surface area contributed by atoms with E-state index in [1.165, 1.54) is 0 Å². The summed E-state index contributed by atoms with van der Waals surface area (Å²) < 4.78 is 1.03. The van der Waals surface area contributed by atoms with Gasteiger partial charge in [0.25, 0.3) is 0 Å². The van der Waals surface area contributed by atoms with Crippen molar-refractivity contribution in [2.75, 3.05) is 13.6 Å². The van der Waals surface area contributed by atoms with Crippen molar-refractivity contribution in [2.45, 2.75) is 6.10 Å². The Kier molecular flexibility index (Phi) is 3.72. The van der Waals surface area contributed by atoms with E-state index in [2.05, 4.69) is 21.2 Å². The lowest BCUT2D eigenvalue weighted by Crippen LogP contribution is -2.16. The van der Waals surface area contributed by atoms with Crippen molar-refractivity contribution in [1.82, 2.24) is 5.32 Å². The highest BCUT2D eigenvalue weighted by molar-refractivity contribution is 9.10. The Bertz CT molecular complexity index is 235. The van der Waals surface area contributed by atoms with Crippen LogP contribution in [-0.2, 0) is 0 Å². The largest absolute Gasteiger partial charge is 0.387 e. The molecule has 0 spiro atoms. The van der Waals surface area contributed by atoms with Crippen LogP contribution < -0.4 is 5.32 Å². The van der Waals surface area contributed by atoms with Crippen molar-refractivity contribution >= 4 is 15.9 Å². The Labute approximate surface area is 80.7 Å². The quantitative estimate of drug-likeness (QED) is 0.828. The molecular weight excluding hydrogens is 218 g/mol. The van der Waals surface area contributed by atoms with Crippen LogP contribution in [0.15, 0.2) is 28.7 Å². The van der Waals surface area contributed by atoms with Gasteiger partial charge in [0.1, 0.15) is 0 Å². The summed E-state index contributed by atoms with van der Waals surface area (Å²) in [6.07, 6.45) is -0.414. The SMILES string of the molecule is CNC[C@@H](O)c1ccc(Br)cc1. The van der Waals surface area contributed by atoms with Crippen LogP contribution in [0.4, 0.5) is 0 Å². The first-order chi connectivity index (χ1) is 5.74. The highest BCUT2D eigenvalue weighted by atomic mass is 79.9. The van der Waals surface area contributed by atoms with Crippen molar-refractivity contribution in [3.05, 3.63) is 34.3 Å². The molecule has 1 rings (SSSR count). The van der Waals surface area contributed by atoms with Gasteiger partial charge in [-0.2, -0.15) is 0 Å². The second-order valence-electron chi connectivity index (χ2n) is 2.63. The molecule has 0 aliphatic carbocycles. The van der Waals surface area contributed by atoms with E-state index in [1.807, 2.05) is 31.3 Å². The summed E-state index contributed by atoms with van der Waals surface area (Å²) in [6, 6.07) is 7.67. The molecule has 0 unspecified atom stereocenters. The predicted molar refractivity (Wildman–Crippen MR) is 53.0 cm³/mol. The molecule has 66 valence electrons. The molecule has 0 aromatic heterocycles. The fourth-order valence-electron chi connectivity index (χ4n) is 0.996. The van der Waals surface area contributed by atoms with E-state index in [-0.39, 0.29) is 0 Å². The standard InChI is InChI=1S/C9H12BrNO/c1-11-6-9(12)7-2-4-8(10)5-3-7/h2-5,9,11-12H,6H2,1H3/t9-/m1/s1. The number of aliphatic hydroxyl groups is 1. The molecule has 2 N–H and O–H groups in total. The molecule has 3 heteroatoms. The lowest BCUT2D eigenvalue weighted by Gasteiger charge is -2.09. The fraction of sp³-hybridized carbons (Fsp3) is 0.333. The molecule has 2 nitrogen and oxygen atoms in total. The summed E-state index contributed by atoms with van der Waals surface area (Å²) >= 11 is 3.34. The van der Waals surface area contributed by atoms with Crippen molar-refractivity contribution in [1.29, 1.82) is 0 Å². The smallest absolute Gasteiger partial charge is 0.0914 e. The van der Waals surface area contributed by atoms with Gasteiger partial charge in [0.2, 0.25) is 0 Å². The number of hydrogen-bond donors (Lipinski definition) is 2. The zero-order valence-corrected chi connectivity index (χ0v) is 8.51. The maximum Gasteiger partial charge on any atom is 0.0914 e. The summed E-state index contributed by atoms with van der Waals surface area (Å²) in [4.78, 5) is 0. The summed E-state index contributed by atoms with van der Waals surface area (Å²) in [5.41, 5.74) is 0.938. The monoisotopic (exact) mass is 229 g/mol. The average Bonchev–Trinajstić information content (AvgIpc) is 2.06. The Hall–Kier alpha value is -0.380. The Morgan fingerprint density at radius 3 is 2.50 bits per heavy atom. The van der Waals surface area contributed by atoms with Crippen LogP contribution >= 0.6 is 15.9 Å². The Morgan fingerprint density at radius 1 is 1.42 bits per heavy atom. The molecule has 0 aliphatic heterocycles. The number of aliphatic hydroxyl groups excluding tert-OH is 1. The van der Waals surface area contributed by atoms with E-state index >= 15 is 0 Å². The van der Waals surface area contributed by atoms with Crippen LogP contribution in [0, 0.1) is 0 Å². The lowest BCUT2D eigenvalue weighted by atomic mass is 10.1. The average molecular weight is 230 g/mol. The molecule has 12 heavy (non-hydrogen) atoms. The van der Waals surface area contributed by atoms with Gasteiger partial charge in [-0.25, -0.2) is 0 Å². The minimum atomic E-state index is -0.414. The van der Waals surface area contributed by atoms with Gasteiger partial charge in [0.15, 0.2) is 0 Å². The Balaban J connectivity index is 2.68. The lowest BCUT2D eigenvalue weighted by molar-refractivity contribution is 0.178. The van der Waals surface area contributed by atoms with Crippen LogP contribution in [0.3, 0.4) is 0 Å². The molecule has 1 atom stereocenters. The van der Waals surface area contributed by atoms with Gasteiger partial charge in [0.05, 0.1) is 6.10 Å². The van der Waals surface area contributed by atoms with E-state index in [0.717, 1.165) is 10.0 Å². The van der Waals surface area contributed by atoms with Gasteiger partial charge in [-0.1, -0.05) is 28.1 Å². The minimum Gasteiger partial charge on any atom is -0.387 e. The molecule has 0 amide bonds. The van der Waals surface area contributed by atoms with E-state index in [1.54, 1.807) is 0 Å². The van der Waals surface area contributed by atoms with Crippen molar-refractivity contribution < 1.29 is 5.11 Å². The first-order valence-electron chi connectivity index (χ1n) is 3.82. The number of likely N-dealkylation sites (N-methyl/N-ethyl adjacent to an activating group) is 1. The summed E-state index contributed by atoms with van der Waals surface area (Å²) in [5.74, 6) is 0. The van der Waals surface area contributed by atoms with E-state index in [0.29, 0.717) is 6.54 Å². The zero-order chi connectivity index (χ0) is 8.97. The third-order valence-corrected chi connectivity index (χ3v) is 2.18. The number of rotatable bonds is 3. The van der Waals surface area contributed by atoms with Gasteiger partial charge < -0.3 is 10.4 Å². The van der Waals surface area contributed by atoms with Gasteiger partial charge in [0, 0.05) is 11.0 Å². The second-order valence-corrected chi connectivity index (χ2v) is 3.54. The topological polar surface area (TPSA) is 32.3 Å². The number of halogens is 1. The highest BCUT2D eigenvalue weighted by Crippen LogP contribution is 2.15. The molecule has 0 aliphatic rings. The van der Waals surface area contributed by atoms with Crippen LogP contribution in [0.25, 0.3) is 0 Å². The first kappa shape index (κ1) is 9.71. The molecule has 0 saturated carbocycles. The third-order valence-electron chi connectivity index (χ3n) is 1.65. The second kappa shape index (κ2) is 4.60. The molecular formula is C9H12BrNO. The van der Waals surface area contributed by atoms with Gasteiger partial charge >= 0.3 is 0 Å². The normalized spacial score (nSPS) is 12.9. The third kappa shape index (κ3) is 2.59. The van der Waals surface area contributed by atoms with Gasteiger partial charge in [-0.3, -0.25) is 0 Å². The zero-order valence-electron chi connectivity index (χ0n) is 6.92. The molecule has 0 fully saturated rings. The van der Waals surface area contributed by atoms with E-state index in [4.69, 9.17) is 0 Å². The van der Waals surface area contributed by atoms with E-state index in [9.17, 15) is 5.11 Å². The molecule has 0 radical (unpaired) electrons.